The molecule has 144 valence electrons. The summed E-state index contributed by atoms with van der Waals surface area (Å²) in [5.41, 5.74) is 0.595. The molecule has 2 fully saturated rings. The maximum atomic E-state index is 12.1. The predicted molar refractivity (Wildman–Crippen MR) is 107 cm³/mol. The van der Waals surface area contributed by atoms with Crippen molar-refractivity contribution in [1.29, 1.82) is 0 Å². The molecule has 3 rings (SSSR count). The van der Waals surface area contributed by atoms with E-state index in [-0.39, 0.29) is 17.1 Å². The van der Waals surface area contributed by atoms with Crippen LogP contribution in [0.1, 0.15) is 50.5 Å². The number of halogens is 1. The second kappa shape index (κ2) is 8.93. The summed E-state index contributed by atoms with van der Waals surface area (Å²) in [6, 6.07) is 4.88. The van der Waals surface area contributed by atoms with Crippen molar-refractivity contribution in [3.63, 3.8) is 0 Å². The Kier molecular flexibility index (Phi) is 6.60. The van der Waals surface area contributed by atoms with Gasteiger partial charge in [-0.3, -0.25) is 19.3 Å². The molecule has 1 aliphatic heterocycles. The first-order valence-electron chi connectivity index (χ1n) is 9.16. The second-order valence-electron chi connectivity index (χ2n) is 6.94. The number of nitrogens with zero attached hydrogens (tertiary/aromatic N) is 1. The van der Waals surface area contributed by atoms with Gasteiger partial charge in [-0.15, -0.1) is 0 Å². The van der Waals surface area contributed by atoms with Crippen LogP contribution in [0.25, 0.3) is 6.08 Å². The van der Waals surface area contributed by atoms with Crippen LogP contribution in [0.3, 0.4) is 0 Å². The number of rotatable bonds is 5. The lowest BCUT2D eigenvalue weighted by molar-refractivity contribution is -0.134. The fourth-order valence-corrected chi connectivity index (χ4v) is 4.40. The van der Waals surface area contributed by atoms with E-state index in [1.165, 1.54) is 39.2 Å². The molecular weight excluding hydrogens is 386 g/mol. The molecule has 1 saturated heterocycles. The average molecular weight is 408 g/mol. The number of esters is 1. The third kappa shape index (κ3) is 5.14. The van der Waals surface area contributed by atoms with Crippen LogP contribution in [0.4, 0.5) is 4.79 Å². The van der Waals surface area contributed by atoms with Crippen LogP contribution in [0.2, 0.25) is 5.02 Å². The van der Waals surface area contributed by atoms with Crippen LogP contribution in [-0.2, 0) is 9.59 Å². The molecule has 1 heterocycles. The van der Waals surface area contributed by atoms with Crippen LogP contribution in [0, 0.1) is 5.92 Å². The summed E-state index contributed by atoms with van der Waals surface area (Å²) in [6.45, 7) is 0. The number of ether oxygens (including phenoxy) is 1. The topological polar surface area (TPSA) is 63.7 Å². The van der Waals surface area contributed by atoms with Crippen LogP contribution in [-0.4, -0.2) is 29.1 Å². The van der Waals surface area contributed by atoms with Gasteiger partial charge in [0.2, 0.25) is 0 Å². The Morgan fingerprint density at radius 3 is 2.67 bits per heavy atom. The summed E-state index contributed by atoms with van der Waals surface area (Å²) in [7, 11) is 1.44. The number of benzene rings is 1. The second-order valence-corrected chi connectivity index (χ2v) is 8.34. The maximum Gasteiger partial charge on any atom is 0.311 e. The smallest absolute Gasteiger partial charge is 0.311 e. The lowest BCUT2D eigenvalue weighted by Crippen LogP contribution is -2.22. The van der Waals surface area contributed by atoms with Crippen LogP contribution in [0.5, 0.6) is 5.75 Å². The van der Waals surface area contributed by atoms with Gasteiger partial charge in [-0.1, -0.05) is 43.7 Å². The summed E-state index contributed by atoms with van der Waals surface area (Å²) in [6.07, 6.45) is 9.09. The zero-order valence-corrected chi connectivity index (χ0v) is 16.8. The highest BCUT2D eigenvalue weighted by Crippen LogP contribution is 2.33. The minimum Gasteiger partial charge on any atom is -0.426 e. The van der Waals surface area contributed by atoms with Gasteiger partial charge in [0.1, 0.15) is 5.75 Å². The van der Waals surface area contributed by atoms with Crippen LogP contribution < -0.4 is 4.74 Å². The highest BCUT2D eigenvalue weighted by atomic mass is 35.5. The van der Waals surface area contributed by atoms with Crippen molar-refractivity contribution in [2.24, 2.45) is 5.92 Å². The molecule has 7 heteroatoms. The summed E-state index contributed by atoms with van der Waals surface area (Å²) >= 11 is 7.13. The van der Waals surface area contributed by atoms with Crippen LogP contribution in [0.15, 0.2) is 23.1 Å². The molecule has 0 bridgehead atoms. The Morgan fingerprint density at radius 2 is 2.04 bits per heavy atom. The Bertz CT molecular complexity index is 786. The fourth-order valence-electron chi connectivity index (χ4n) is 3.36. The molecule has 0 atom stereocenters. The van der Waals surface area contributed by atoms with Gasteiger partial charge in [-0.2, -0.15) is 0 Å². The fraction of sp³-hybridized carbons (Fsp3) is 0.450. The van der Waals surface area contributed by atoms with E-state index in [2.05, 4.69) is 0 Å². The molecule has 0 aromatic heterocycles. The Balaban J connectivity index is 1.58. The molecule has 1 aliphatic carbocycles. The molecule has 0 N–H and O–H groups in total. The minimum absolute atomic E-state index is 0.253. The molecule has 2 aliphatic rings. The highest BCUT2D eigenvalue weighted by Gasteiger charge is 2.31. The Morgan fingerprint density at radius 1 is 1.30 bits per heavy atom. The van der Waals surface area contributed by atoms with Gasteiger partial charge in [-0.05, 0) is 47.9 Å². The van der Waals surface area contributed by atoms with Crippen molar-refractivity contribution in [2.45, 2.75) is 44.9 Å². The van der Waals surface area contributed by atoms with Crippen molar-refractivity contribution >= 4 is 46.6 Å². The van der Waals surface area contributed by atoms with Crippen molar-refractivity contribution in [3.8, 4) is 5.75 Å². The molecule has 2 amide bonds. The number of carbonyl (C=O) groups excluding carboxylic acids is 3. The van der Waals surface area contributed by atoms with E-state index in [9.17, 15) is 14.4 Å². The summed E-state index contributed by atoms with van der Waals surface area (Å²) in [5, 5.41) is 0.0429. The number of carbonyl (C=O) groups is 3. The highest BCUT2D eigenvalue weighted by molar-refractivity contribution is 8.18. The normalized spacial score (nSPS) is 19.8. The molecule has 5 nitrogen and oxygen atoms in total. The van der Waals surface area contributed by atoms with E-state index < -0.39 is 0 Å². The standard InChI is InChI=1S/C20H22ClNO4S/c1-22-19(24)17(27-20(22)25)11-14-8-9-15(12-16(14)21)26-18(23)10-7-13-5-3-2-4-6-13/h8-9,11-13H,2-7,10H2,1H3/b17-11-. The van der Waals surface area contributed by atoms with E-state index in [0.29, 0.717) is 33.6 Å². The van der Waals surface area contributed by atoms with Gasteiger partial charge in [0.15, 0.2) is 0 Å². The minimum atomic E-state index is -0.348. The molecule has 27 heavy (non-hydrogen) atoms. The third-order valence-corrected chi connectivity index (χ3v) is 6.25. The van der Waals surface area contributed by atoms with E-state index in [1.54, 1.807) is 24.3 Å². The van der Waals surface area contributed by atoms with Gasteiger partial charge < -0.3 is 4.74 Å². The third-order valence-electron chi connectivity index (χ3n) is 4.96. The number of amides is 2. The molecule has 1 saturated carbocycles. The molecule has 1 aromatic rings. The number of hydrogen-bond donors (Lipinski definition) is 0. The number of imide groups is 1. The molecular formula is C20H22ClNO4S. The largest absolute Gasteiger partial charge is 0.426 e. The van der Waals surface area contributed by atoms with E-state index in [1.807, 2.05) is 0 Å². The monoisotopic (exact) mass is 407 g/mol. The molecule has 1 aromatic carbocycles. The van der Waals surface area contributed by atoms with Crippen molar-refractivity contribution in [1.82, 2.24) is 4.90 Å². The summed E-state index contributed by atoms with van der Waals surface area (Å²) < 4.78 is 5.39. The lowest BCUT2D eigenvalue weighted by atomic mass is 9.86. The van der Waals surface area contributed by atoms with E-state index in [0.717, 1.165) is 23.1 Å². The number of thioether (sulfide) groups is 1. The molecule has 0 unspecified atom stereocenters. The van der Waals surface area contributed by atoms with E-state index >= 15 is 0 Å². The van der Waals surface area contributed by atoms with Crippen molar-refractivity contribution < 1.29 is 19.1 Å². The van der Waals surface area contributed by atoms with Gasteiger partial charge in [0.05, 0.1) is 9.93 Å². The number of likely N-dealkylation sites (N-methyl/N-ethyl adjacent to an activating group) is 1. The van der Waals surface area contributed by atoms with Gasteiger partial charge >= 0.3 is 5.97 Å². The van der Waals surface area contributed by atoms with Crippen molar-refractivity contribution in [3.05, 3.63) is 33.7 Å². The van der Waals surface area contributed by atoms with Crippen molar-refractivity contribution in [2.75, 3.05) is 7.05 Å². The summed E-state index contributed by atoms with van der Waals surface area (Å²) in [5.74, 6) is 0.413. The van der Waals surface area contributed by atoms with E-state index in [4.69, 9.17) is 16.3 Å². The zero-order valence-electron chi connectivity index (χ0n) is 15.2. The molecule has 0 spiro atoms. The first-order chi connectivity index (χ1) is 12.9. The Labute approximate surface area is 168 Å². The van der Waals surface area contributed by atoms with Gasteiger partial charge in [-0.25, -0.2) is 0 Å². The summed E-state index contributed by atoms with van der Waals surface area (Å²) in [4.78, 5) is 37.0. The lowest BCUT2D eigenvalue weighted by Gasteiger charge is -2.20. The zero-order chi connectivity index (χ0) is 19.4. The quantitative estimate of drug-likeness (QED) is 0.378. The molecule has 0 radical (unpaired) electrons. The first kappa shape index (κ1) is 20.0. The van der Waals surface area contributed by atoms with Gasteiger partial charge in [0, 0.05) is 19.5 Å². The maximum absolute atomic E-state index is 12.1. The Hall–Kier alpha value is -1.79. The predicted octanol–water partition coefficient (Wildman–Crippen LogP) is 5.27. The SMILES string of the molecule is CN1C(=O)S/C(=C\c2ccc(OC(=O)CCC3CCCCC3)cc2Cl)C1=O. The number of hydrogen-bond acceptors (Lipinski definition) is 5. The first-order valence-corrected chi connectivity index (χ1v) is 10.4. The van der Waals surface area contributed by atoms with Crippen LogP contribution >= 0.6 is 23.4 Å². The van der Waals surface area contributed by atoms with Gasteiger partial charge in [0.25, 0.3) is 11.1 Å². The average Bonchev–Trinajstić information content (AvgIpc) is 2.90.